The van der Waals surface area contributed by atoms with E-state index in [1.807, 2.05) is 31.2 Å². The van der Waals surface area contributed by atoms with Crippen molar-refractivity contribution >= 4 is 29.1 Å². The van der Waals surface area contributed by atoms with E-state index in [1.54, 1.807) is 11.6 Å². The fourth-order valence-electron chi connectivity index (χ4n) is 2.31. The van der Waals surface area contributed by atoms with Crippen LogP contribution in [0, 0.1) is 6.92 Å². The monoisotopic (exact) mass is 369 g/mol. The van der Waals surface area contributed by atoms with Crippen molar-refractivity contribution in [3.8, 4) is 0 Å². The van der Waals surface area contributed by atoms with E-state index in [0.717, 1.165) is 12.0 Å². The van der Waals surface area contributed by atoms with E-state index in [0.29, 0.717) is 47.7 Å². The van der Waals surface area contributed by atoms with Crippen molar-refractivity contribution in [2.24, 2.45) is 0 Å². The molecule has 1 aromatic carbocycles. The molecule has 0 unspecified atom stereocenters. The Hall–Kier alpha value is -1.56. The molecule has 0 atom stereocenters. The number of hydrogen-bond donors (Lipinski definition) is 1. The number of rotatable bonds is 8. The Morgan fingerprint density at radius 2 is 2.08 bits per heavy atom. The lowest BCUT2D eigenvalue weighted by atomic mass is 10.2. The van der Waals surface area contributed by atoms with Gasteiger partial charge < -0.3 is 10.1 Å². The highest BCUT2D eigenvalue weighted by atomic mass is 35.5. The predicted octanol–water partition coefficient (Wildman–Crippen LogP) is 3.70. The van der Waals surface area contributed by atoms with E-state index in [9.17, 15) is 4.79 Å². The molecule has 0 radical (unpaired) electrons. The third-order valence-electron chi connectivity index (χ3n) is 3.53. The highest BCUT2D eigenvalue weighted by Gasteiger charge is 2.20. The molecular formula is C17H21Cl2N3O2. The molecule has 1 heterocycles. The lowest BCUT2D eigenvalue weighted by molar-refractivity contribution is 0.0943. The van der Waals surface area contributed by atoms with Crippen molar-refractivity contribution in [2.45, 2.75) is 26.8 Å². The van der Waals surface area contributed by atoms with Gasteiger partial charge in [0.2, 0.25) is 0 Å². The number of hydrogen-bond acceptors (Lipinski definition) is 3. The van der Waals surface area contributed by atoms with Gasteiger partial charge in [-0.15, -0.1) is 0 Å². The lowest BCUT2D eigenvalue weighted by Crippen LogP contribution is -2.26. The van der Waals surface area contributed by atoms with E-state index in [1.165, 1.54) is 0 Å². The Morgan fingerprint density at radius 1 is 1.33 bits per heavy atom. The van der Waals surface area contributed by atoms with Crippen molar-refractivity contribution in [3.63, 3.8) is 0 Å². The molecule has 1 amide bonds. The molecule has 0 fully saturated rings. The van der Waals surface area contributed by atoms with Gasteiger partial charge in [0.15, 0.2) is 0 Å². The van der Waals surface area contributed by atoms with Gasteiger partial charge >= 0.3 is 0 Å². The van der Waals surface area contributed by atoms with Gasteiger partial charge in [-0.05, 0) is 31.9 Å². The van der Waals surface area contributed by atoms with Crippen molar-refractivity contribution in [3.05, 3.63) is 51.3 Å². The normalized spacial score (nSPS) is 10.8. The van der Waals surface area contributed by atoms with E-state index >= 15 is 0 Å². The zero-order chi connectivity index (χ0) is 17.5. The molecule has 0 saturated heterocycles. The highest BCUT2D eigenvalue weighted by Crippen LogP contribution is 2.23. The Morgan fingerprint density at radius 3 is 2.79 bits per heavy atom. The van der Waals surface area contributed by atoms with Crippen molar-refractivity contribution in [1.82, 2.24) is 15.1 Å². The molecule has 24 heavy (non-hydrogen) atoms. The summed E-state index contributed by atoms with van der Waals surface area (Å²) >= 11 is 12.5. The molecule has 7 heteroatoms. The zero-order valence-corrected chi connectivity index (χ0v) is 15.3. The predicted molar refractivity (Wildman–Crippen MR) is 96.0 cm³/mol. The minimum absolute atomic E-state index is 0.223. The molecule has 1 aromatic heterocycles. The third kappa shape index (κ3) is 4.72. The summed E-state index contributed by atoms with van der Waals surface area (Å²) in [5, 5.41) is 8.17. The third-order valence-corrected chi connectivity index (χ3v) is 4.28. The molecule has 0 bridgehead atoms. The second-order valence-corrected chi connectivity index (χ2v) is 6.07. The van der Waals surface area contributed by atoms with Gasteiger partial charge in [-0.25, -0.2) is 4.68 Å². The van der Waals surface area contributed by atoms with Gasteiger partial charge in [-0.3, -0.25) is 4.79 Å². The van der Waals surface area contributed by atoms with Crippen LogP contribution in [-0.2, 0) is 11.3 Å². The number of ether oxygens (including phenoxy) is 1. The van der Waals surface area contributed by atoms with Gasteiger partial charge in [0.1, 0.15) is 5.15 Å². The van der Waals surface area contributed by atoms with Crippen LogP contribution in [0.25, 0.3) is 0 Å². The van der Waals surface area contributed by atoms with Crippen molar-refractivity contribution < 1.29 is 9.53 Å². The molecule has 0 spiro atoms. The van der Waals surface area contributed by atoms with Crippen LogP contribution in [0.2, 0.25) is 10.2 Å². The summed E-state index contributed by atoms with van der Waals surface area (Å²) in [6, 6.07) is 7.48. The summed E-state index contributed by atoms with van der Waals surface area (Å²) in [6.07, 6.45) is 0.754. The number of benzene rings is 1. The maximum atomic E-state index is 12.3. The summed E-state index contributed by atoms with van der Waals surface area (Å²) in [6.45, 7) is 5.95. The van der Waals surface area contributed by atoms with Gasteiger partial charge in [0.25, 0.3) is 5.91 Å². The number of carbonyl (C=O) groups excluding carboxylic acids is 1. The summed E-state index contributed by atoms with van der Waals surface area (Å²) in [5.74, 6) is -0.223. The average molecular weight is 370 g/mol. The molecule has 0 aliphatic rings. The number of aromatic nitrogens is 2. The molecule has 0 aliphatic carbocycles. The van der Waals surface area contributed by atoms with Gasteiger partial charge in [0, 0.05) is 24.8 Å². The number of nitrogens with zero attached hydrogens (tertiary/aromatic N) is 2. The van der Waals surface area contributed by atoms with Gasteiger partial charge in [0.05, 0.1) is 17.8 Å². The van der Waals surface area contributed by atoms with Gasteiger partial charge in [-0.1, -0.05) is 41.4 Å². The first-order valence-electron chi connectivity index (χ1n) is 7.86. The Kier molecular flexibility index (Phi) is 7.09. The first-order chi connectivity index (χ1) is 11.5. The minimum atomic E-state index is -0.223. The summed E-state index contributed by atoms with van der Waals surface area (Å²) in [5.41, 5.74) is 1.89. The SMILES string of the molecule is CCOCCCNC(=O)c1c(C)nn(Cc2ccccc2Cl)c1Cl. The Labute approximate surface area is 151 Å². The number of amides is 1. The molecular weight excluding hydrogens is 349 g/mol. The van der Waals surface area contributed by atoms with Gasteiger partial charge in [-0.2, -0.15) is 5.10 Å². The molecule has 0 saturated carbocycles. The largest absolute Gasteiger partial charge is 0.382 e. The zero-order valence-electron chi connectivity index (χ0n) is 13.8. The summed E-state index contributed by atoms with van der Waals surface area (Å²) in [7, 11) is 0. The van der Waals surface area contributed by atoms with Crippen LogP contribution >= 0.6 is 23.2 Å². The number of aryl methyl sites for hydroxylation is 1. The van der Waals surface area contributed by atoms with E-state index in [-0.39, 0.29) is 5.91 Å². The summed E-state index contributed by atoms with van der Waals surface area (Å²) in [4.78, 5) is 12.3. The standard InChI is InChI=1S/C17H21Cl2N3O2/c1-3-24-10-6-9-20-17(23)15-12(2)21-22(16(15)19)11-13-7-4-5-8-14(13)18/h4-5,7-8H,3,6,9-11H2,1-2H3,(H,20,23). The average Bonchev–Trinajstić information content (AvgIpc) is 2.83. The Bertz CT molecular complexity index is 701. The van der Waals surface area contributed by atoms with E-state index in [4.69, 9.17) is 27.9 Å². The number of nitrogens with one attached hydrogen (secondary N) is 1. The quantitative estimate of drug-likeness (QED) is 0.721. The second-order valence-electron chi connectivity index (χ2n) is 5.31. The Balaban J connectivity index is 2.05. The van der Waals surface area contributed by atoms with E-state index < -0.39 is 0 Å². The van der Waals surface area contributed by atoms with Crippen LogP contribution in [0.1, 0.15) is 35.0 Å². The van der Waals surface area contributed by atoms with E-state index in [2.05, 4.69) is 10.4 Å². The van der Waals surface area contributed by atoms with Crippen LogP contribution in [0.4, 0.5) is 0 Å². The van der Waals surface area contributed by atoms with Crippen LogP contribution < -0.4 is 5.32 Å². The highest BCUT2D eigenvalue weighted by molar-refractivity contribution is 6.33. The van der Waals surface area contributed by atoms with Crippen molar-refractivity contribution in [1.29, 1.82) is 0 Å². The fraction of sp³-hybridized carbons (Fsp3) is 0.412. The second kappa shape index (κ2) is 9.06. The van der Waals surface area contributed by atoms with Crippen LogP contribution in [0.5, 0.6) is 0 Å². The summed E-state index contributed by atoms with van der Waals surface area (Å²) < 4.78 is 6.83. The van der Waals surface area contributed by atoms with Crippen molar-refractivity contribution in [2.75, 3.05) is 19.8 Å². The maximum Gasteiger partial charge on any atom is 0.256 e. The molecule has 0 aliphatic heterocycles. The topological polar surface area (TPSA) is 56.1 Å². The smallest absolute Gasteiger partial charge is 0.256 e. The molecule has 1 N–H and O–H groups in total. The van der Waals surface area contributed by atoms with Crippen LogP contribution in [-0.4, -0.2) is 35.4 Å². The molecule has 5 nitrogen and oxygen atoms in total. The first-order valence-corrected chi connectivity index (χ1v) is 8.62. The minimum Gasteiger partial charge on any atom is -0.382 e. The maximum absolute atomic E-state index is 12.3. The molecule has 2 rings (SSSR count). The first kappa shape index (κ1) is 18.8. The number of carbonyl (C=O) groups is 1. The molecule has 130 valence electrons. The lowest BCUT2D eigenvalue weighted by Gasteiger charge is -2.07. The van der Waals surface area contributed by atoms with Crippen LogP contribution in [0.15, 0.2) is 24.3 Å². The number of halogens is 2. The fourth-order valence-corrected chi connectivity index (χ4v) is 2.83. The molecule has 2 aromatic rings. The van der Waals surface area contributed by atoms with Crippen LogP contribution in [0.3, 0.4) is 0 Å².